The summed E-state index contributed by atoms with van der Waals surface area (Å²) in [7, 11) is 1.30. The number of amides is 2. The normalized spacial score (nSPS) is 17.9. The summed E-state index contributed by atoms with van der Waals surface area (Å²) >= 11 is 0. The van der Waals surface area contributed by atoms with Gasteiger partial charge in [0.15, 0.2) is 0 Å². The topological polar surface area (TPSA) is 84.9 Å². The number of carbonyl (C=O) groups excluding carboxylic acids is 3. The number of nitrogens with one attached hydrogen (secondary N) is 1. The van der Waals surface area contributed by atoms with Crippen molar-refractivity contribution in [2.24, 2.45) is 0 Å². The molecule has 1 N–H and O–H groups in total. The second-order valence-electron chi connectivity index (χ2n) is 5.64. The molecule has 7 heteroatoms. The number of alkyl carbamates (subject to hydrolysis) is 1. The SMILES string of the molecule is COC(=O)[C@H]1CCCN1C(=O)[C@H](C)NC(=O)OCc1ccccc1. The van der Waals surface area contributed by atoms with E-state index in [4.69, 9.17) is 9.47 Å². The molecule has 1 aromatic carbocycles. The minimum Gasteiger partial charge on any atom is -0.467 e. The summed E-state index contributed by atoms with van der Waals surface area (Å²) in [6.07, 6.45) is 0.633. The van der Waals surface area contributed by atoms with E-state index in [1.807, 2.05) is 30.3 Å². The molecule has 1 aliphatic heterocycles. The smallest absolute Gasteiger partial charge is 0.408 e. The maximum Gasteiger partial charge on any atom is 0.408 e. The molecule has 1 aliphatic rings. The maximum atomic E-state index is 12.4. The fraction of sp³-hybridized carbons (Fsp3) is 0.471. The predicted octanol–water partition coefficient (Wildman–Crippen LogP) is 1.47. The fourth-order valence-electron chi connectivity index (χ4n) is 2.66. The van der Waals surface area contributed by atoms with Crippen LogP contribution in [0.2, 0.25) is 0 Å². The van der Waals surface area contributed by atoms with Gasteiger partial charge in [-0.15, -0.1) is 0 Å². The molecule has 0 bridgehead atoms. The van der Waals surface area contributed by atoms with Gasteiger partial charge >= 0.3 is 12.1 Å². The predicted molar refractivity (Wildman–Crippen MR) is 86.0 cm³/mol. The van der Waals surface area contributed by atoms with E-state index in [-0.39, 0.29) is 12.5 Å². The zero-order valence-electron chi connectivity index (χ0n) is 13.9. The van der Waals surface area contributed by atoms with Crippen LogP contribution >= 0.6 is 0 Å². The minimum atomic E-state index is -0.779. The van der Waals surface area contributed by atoms with Crippen LogP contribution in [0.1, 0.15) is 25.3 Å². The number of benzene rings is 1. The summed E-state index contributed by atoms with van der Waals surface area (Å²) in [6.45, 7) is 2.17. The zero-order chi connectivity index (χ0) is 17.5. The van der Waals surface area contributed by atoms with Crippen LogP contribution in [0.25, 0.3) is 0 Å². The Morgan fingerprint density at radius 1 is 1.29 bits per heavy atom. The van der Waals surface area contributed by atoms with Crippen molar-refractivity contribution in [3.8, 4) is 0 Å². The van der Waals surface area contributed by atoms with Gasteiger partial charge < -0.3 is 19.7 Å². The van der Waals surface area contributed by atoms with Gasteiger partial charge in [0.05, 0.1) is 7.11 Å². The summed E-state index contributed by atoms with van der Waals surface area (Å²) < 4.78 is 9.81. The Bertz CT molecular complexity index is 590. The first-order valence-electron chi connectivity index (χ1n) is 7.88. The Balaban J connectivity index is 1.84. The lowest BCUT2D eigenvalue weighted by Gasteiger charge is -2.26. The van der Waals surface area contributed by atoms with E-state index in [1.54, 1.807) is 6.92 Å². The van der Waals surface area contributed by atoms with Gasteiger partial charge in [0.25, 0.3) is 0 Å². The number of carbonyl (C=O) groups is 3. The lowest BCUT2D eigenvalue weighted by Crippen LogP contribution is -2.50. The minimum absolute atomic E-state index is 0.127. The van der Waals surface area contributed by atoms with E-state index in [1.165, 1.54) is 12.0 Å². The van der Waals surface area contributed by atoms with E-state index in [2.05, 4.69) is 5.32 Å². The zero-order valence-corrected chi connectivity index (χ0v) is 13.9. The molecule has 2 atom stereocenters. The summed E-state index contributed by atoms with van der Waals surface area (Å²) in [6, 6.07) is 7.90. The first-order chi connectivity index (χ1) is 11.5. The van der Waals surface area contributed by atoms with Crippen LogP contribution in [-0.4, -0.2) is 48.6 Å². The van der Waals surface area contributed by atoms with Crippen LogP contribution in [0.15, 0.2) is 30.3 Å². The number of nitrogens with zero attached hydrogens (tertiary/aromatic N) is 1. The highest BCUT2D eigenvalue weighted by Crippen LogP contribution is 2.19. The summed E-state index contributed by atoms with van der Waals surface area (Å²) in [5.74, 6) is -0.751. The van der Waals surface area contributed by atoms with E-state index in [9.17, 15) is 14.4 Å². The van der Waals surface area contributed by atoms with Gasteiger partial charge in [-0.2, -0.15) is 0 Å². The van der Waals surface area contributed by atoms with E-state index < -0.39 is 24.1 Å². The third-order valence-corrected chi connectivity index (χ3v) is 3.93. The van der Waals surface area contributed by atoms with Gasteiger partial charge in [0, 0.05) is 6.54 Å². The average molecular weight is 334 g/mol. The second kappa shape index (κ2) is 8.33. The van der Waals surface area contributed by atoms with Gasteiger partial charge in [0.2, 0.25) is 5.91 Å². The summed E-state index contributed by atoms with van der Waals surface area (Å²) in [4.78, 5) is 37.4. The Morgan fingerprint density at radius 3 is 2.67 bits per heavy atom. The molecule has 24 heavy (non-hydrogen) atoms. The van der Waals surface area contributed by atoms with Crippen LogP contribution in [0, 0.1) is 0 Å². The monoisotopic (exact) mass is 334 g/mol. The highest BCUT2D eigenvalue weighted by atomic mass is 16.5. The number of hydrogen-bond donors (Lipinski definition) is 1. The largest absolute Gasteiger partial charge is 0.467 e. The van der Waals surface area contributed by atoms with Gasteiger partial charge in [0.1, 0.15) is 18.7 Å². The van der Waals surface area contributed by atoms with Crippen LogP contribution in [-0.2, 0) is 25.7 Å². The molecule has 2 amide bonds. The highest BCUT2D eigenvalue weighted by molar-refractivity contribution is 5.89. The lowest BCUT2D eigenvalue weighted by atomic mass is 10.2. The Hall–Kier alpha value is -2.57. The third-order valence-electron chi connectivity index (χ3n) is 3.93. The molecule has 130 valence electrons. The van der Waals surface area contributed by atoms with Crippen molar-refractivity contribution in [1.82, 2.24) is 10.2 Å². The molecular formula is C17H22N2O5. The number of hydrogen-bond acceptors (Lipinski definition) is 5. The molecule has 1 saturated heterocycles. The Kier molecular flexibility index (Phi) is 6.17. The molecule has 0 unspecified atom stereocenters. The number of esters is 1. The molecule has 1 fully saturated rings. The number of ether oxygens (including phenoxy) is 2. The van der Waals surface area contributed by atoms with E-state index >= 15 is 0 Å². The Morgan fingerprint density at radius 2 is 2.00 bits per heavy atom. The number of methoxy groups -OCH3 is 1. The molecule has 2 rings (SSSR count). The van der Waals surface area contributed by atoms with Crippen molar-refractivity contribution < 1.29 is 23.9 Å². The second-order valence-corrected chi connectivity index (χ2v) is 5.64. The first-order valence-corrected chi connectivity index (χ1v) is 7.88. The molecule has 0 aliphatic carbocycles. The molecule has 0 aromatic heterocycles. The molecule has 0 spiro atoms. The van der Waals surface area contributed by atoms with Crippen molar-refractivity contribution >= 4 is 18.0 Å². The third kappa shape index (κ3) is 4.47. The van der Waals surface area contributed by atoms with Crippen molar-refractivity contribution in [3.05, 3.63) is 35.9 Å². The van der Waals surface area contributed by atoms with Crippen LogP contribution in [0.3, 0.4) is 0 Å². The van der Waals surface area contributed by atoms with Crippen molar-refractivity contribution in [1.29, 1.82) is 0 Å². The number of likely N-dealkylation sites (tertiary alicyclic amines) is 1. The van der Waals surface area contributed by atoms with Crippen molar-refractivity contribution in [2.75, 3.05) is 13.7 Å². The van der Waals surface area contributed by atoms with Gasteiger partial charge in [-0.25, -0.2) is 9.59 Å². The fourth-order valence-corrected chi connectivity index (χ4v) is 2.66. The van der Waals surface area contributed by atoms with Crippen molar-refractivity contribution in [2.45, 2.75) is 38.5 Å². The molecule has 0 radical (unpaired) electrons. The van der Waals surface area contributed by atoms with E-state index in [0.717, 1.165) is 12.0 Å². The van der Waals surface area contributed by atoms with Crippen LogP contribution in [0.5, 0.6) is 0 Å². The summed E-state index contributed by atoms with van der Waals surface area (Å²) in [5.41, 5.74) is 0.858. The Labute approximate surface area is 140 Å². The van der Waals surface area contributed by atoms with Gasteiger partial charge in [-0.05, 0) is 25.3 Å². The molecular weight excluding hydrogens is 312 g/mol. The number of rotatable bonds is 5. The van der Waals surface area contributed by atoms with Crippen molar-refractivity contribution in [3.63, 3.8) is 0 Å². The van der Waals surface area contributed by atoms with Crippen LogP contribution < -0.4 is 5.32 Å². The summed E-state index contributed by atoms with van der Waals surface area (Å²) in [5, 5.41) is 2.50. The highest BCUT2D eigenvalue weighted by Gasteiger charge is 2.37. The maximum absolute atomic E-state index is 12.4. The van der Waals surface area contributed by atoms with Gasteiger partial charge in [-0.1, -0.05) is 30.3 Å². The quantitative estimate of drug-likeness (QED) is 0.824. The average Bonchev–Trinajstić information content (AvgIpc) is 3.09. The van der Waals surface area contributed by atoms with E-state index in [0.29, 0.717) is 13.0 Å². The van der Waals surface area contributed by atoms with Gasteiger partial charge in [-0.3, -0.25) is 4.79 Å². The lowest BCUT2D eigenvalue weighted by molar-refractivity contribution is -0.151. The molecule has 7 nitrogen and oxygen atoms in total. The molecule has 1 heterocycles. The standard InChI is InChI=1S/C17H22N2O5/c1-12(15(20)19-10-6-9-14(19)16(21)23-2)18-17(22)24-11-13-7-4-3-5-8-13/h3-5,7-8,12,14H,6,9-11H2,1-2H3,(H,18,22)/t12-,14+/m0/s1. The molecule has 0 saturated carbocycles. The van der Waals surface area contributed by atoms with Crippen LogP contribution in [0.4, 0.5) is 4.79 Å². The molecule has 1 aromatic rings. The first kappa shape index (κ1) is 17.8.